The second-order valence-corrected chi connectivity index (χ2v) is 1.24. The van der Waals surface area contributed by atoms with E-state index in [-0.39, 0.29) is 13.5 Å². The SMILES string of the molecule is S.[O-][n+]1ccccc1. The van der Waals surface area contributed by atoms with Gasteiger partial charge < -0.3 is 5.21 Å². The molecule has 0 amide bonds. The number of nitrogens with zero attached hydrogens (tertiary/aromatic N) is 1. The topological polar surface area (TPSA) is 26.9 Å². The van der Waals surface area contributed by atoms with E-state index in [9.17, 15) is 5.21 Å². The van der Waals surface area contributed by atoms with Gasteiger partial charge in [0.2, 0.25) is 0 Å². The Morgan fingerprint density at radius 2 is 1.50 bits per heavy atom. The van der Waals surface area contributed by atoms with Gasteiger partial charge in [-0.1, -0.05) is 6.07 Å². The Labute approximate surface area is 54.8 Å². The zero-order valence-corrected chi connectivity index (χ0v) is 5.24. The van der Waals surface area contributed by atoms with Crippen LogP contribution in [0.3, 0.4) is 0 Å². The molecule has 3 heteroatoms. The zero-order valence-electron chi connectivity index (χ0n) is 4.24. The third-order valence-corrected chi connectivity index (χ3v) is 0.688. The van der Waals surface area contributed by atoms with Crippen molar-refractivity contribution in [3.8, 4) is 0 Å². The minimum absolute atomic E-state index is 0. The van der Waals surface area contributed by atoms with Gasteiger partial charge in [-0.2, -0.15) is 18.2 Å². The molecular formula is C5H7NOS. The lowest BCUT2D eigenvalue weighted by atomic mass is 10.5. The fraction of sp³-hybridized carbons (Fsp3) is 0. The summed E-state index contributed by atoms with van der Waals surface area (Å²) in [6.07, 6.45) is 2.89. The Balaban J connectivity index is 0.000000490. The summed E-state index contributed by atoms with van der Waals surface area (Å²) in [5.41, 5.74) is 0. The number of hydrogen-bond acceptors (Lipinski definition) is 1. The first-order valence-electron chi connectivity index (χ1n) is 2.03. The Bertz CT molecular complexity index is 142. The van der Waals surface area contributed by atoms with Gasteiger partial charge in [-0.05, 0) is 0 Å². The fourth-order valence-corrected chi connectivity index (χ4v) is 0.383. The van der Waals surface area contributed by atoms with Gasteiger partial charge in [-0.3, -0.25) is 0 Å². The van der Waals surface area contributed by atoms with E-state index in [2.05, 4.69) is 0 Å². The minimum atomic E-state index is 0. The highest BCUT2D eigenvalue weighted by Crippen LogP contribution is 1.72. The molecule has 8 heavy (non-hydrogen) atoms. The minimum Gasteiger partial charge on any atom is -0.619 e. The molecule has 1 heterocycles. The summed E-state index contributed by atoms with van der Waals surface area (Å²) in [4.78, 5) is 0. The maximum absolute atomic E-state index is 10.2. The van der Waals surface area contributed by atoms with Crippen LogP contribution in [0.1, 0.15) is 0 Å². The molecule has 0 radical (unpaired) electrons. The van der Waals surface area contributed by atoms with Crippen LogP contribution in [-0.2, 0) is 0 Å². The summed E-state index contributed by atoms with van der Waals surface area (Å²) in [7, 11) is 0. The largest absolute Gasteiger partial charge is 0.619 e. The summed E-state index contributed by atoms with van der Waals surface area (Å²) in [5, 5.41) is 10.2. The van der Waals surface area contributed by atoms with Crippen LogP contribution in [-0.4, -0.2) is 0 Å². The van der Waals surface area contributed by atoms with Crippen LogP contribution in [0.15, 0.2) is 30.6 Å². The molecule has 0 unspecified atom stereocenters. The summed E-state index contributed by atoms with van der Waals surface area (Å²) in [6, 6.07) is 5.18. The first-order valence-corrected chi connectivity index (χ1v) is 2.03. The van der Waals surface area contributed by atoms with Crippen molar-refractivity contribution in [2.45, 2.75) is 0 Å². The predicted octanol–water partition coefficient (Wildman–Crippen LogP) is 0.433. The van der Waals surface area contributed by atoms with E-state index in [1.54, 1.807) is 18.2 Å². The molecule has 2 nitrogen and oxygen atoms in total. The lowest BCUT2D eigenvalue weighted by Crippen LogP contribution is -2.22. The van der Waals surface area contributed by atoms with Crippen LogP contribution in [0.5, 0.6) is 0 Å². The van der Waals surface area contributed by atoms with Crippen molar-refractivity contribution in [3.63, 3.8) is 0 Å². The van der Waals surface area contributed by atoms with Crippen LogP contribution in [0.2, 0.25) is 0 Å². The molecule has 1 rings (SSSR count). The van der Waals surface area contributed by atoms with Gasteiger partial charge in [0.1, 0.15) is 0 Å². The van der Waals surface area contributed by atoms with Crippen molar-refractivity contribution < 1.29 is 4.73 Å². The fourth-order valence-electron chi connectivity index (χ4n) is 0.383. The standard InChI is InChI=1S/C5H5NO.H2S/c7-6-4-2-1-3-5-6;/h1-5H;1H2. The molecular weight excluding hydrogens is 122 g/mol. The summed E-state index contributed by atoms with van der Waals surface area (Å²) >= 11 is 0. The lowest BCUT2D eigenvalue weighted by molar-refractivity contribution is -0.605. The zero-order chi connectivity index (χ0) is 5.11. The number of aromatic nitrogens is 1. The Hall–Kier alpha value is -0.700. The molecule has 0 aliphatic heterocycles. The van der Waals surface area contributed by atoms with Crippen molar-refractivity contribution in [2.75, 3.05) is 0 Å². The molecule has 1 aromatic heterocycles. The quantitative estimate of drug-likeness (QED) is 0.368. The molecule has 0 aromatic carbocycles. The van der Waals surface area contributed by atoms with E-state index < -0.39 is 0 Å². The van der Waals surface area contributed by atoms with Crippen LogP contribution < -0.4 is 4.73 Å². The maximum atomic E-state index is 10.2. The van der Waals surface area contributed by atoms with E-state index >= 15 is 0 Å². The highest BCUT2D eigenvalue weighted by molar-refractivity contribution is 7.59. The van der Waals surface area contributed by atoms with Crippen molar-refractivity contribution in [1.29, 1.82) is 0 Å². The number of hydrogen-bond donors (Lipinski definition) is 0. The van der Waals surface area contributed by atoms with Crippen LogP contribution in [0.25, 0.3) is 0 Å². The highest BCUT2D eigenvalue weighted by atomic mass is 32.1. The second kappa shape index (κ2) is 3.32. The van der Waals surface area contributed by atoms with Crippen molar-refractivity contribution in [3.05, 3.63) is 35.8 Å². The van der Waals surface area contributed by atoms with E-state index in [0.29, 0.717) is 0 Å². The molecule has 0 saturated heterocycles. The first kappa shape index (κ1) is 7.30. The molecule has 0 atom stereocenters. The highest BCUT2D eigenvalue weighted by Gasteiger charge is 1.74. The van der Waals surface area contributed by atoms with E-state index in [1.165, 1.54) is 12.4 Å². The van der Waals surface area contributed by atoms with Crippen molar-refractivity contribution in [2.24, 2.45) is 0 Å². The third-order valence-electron chi connectivity index (χ3n) is 0.688. The molecule has 1 aromatic rings. The molecule has 0 aliphatic rings. The van der Waals surface area contributed by atoms with Crippen molar-refractivity contribution in [1.82, 2.24) is 0 Å². The van der Waals surface area contributed by atoms with Crippen LogP contribution in [0.4, 0.5) is 0 Å². The summed E-state index contributed by atoms with van der Waals surface area (Å²) in [5.74, 6) is 0. The van der Waals surface area contributed by atoms with Gasteiger partial charge in [-0.25, -0.2) is 0 Å². The maximum Gasteiger partial charge on any atom is 0.180 e. The molecule has 0 fully saturated rings. The predicted molar refractivity (Wildman–Crippen MR) is 35.8 cm³/mol. The summed E-state index contributed by atoms with van der Waals surface area (Å²) < 4.78 is 0.750. The van der Waals surface area contributed by atoms with Gasteiger partial charge in [0.05, 0.1) is 0 Å². The van der Waals surface area contributed by atoms with Gasteiger partial charge in [0.25, 0.3) is 0 Å². The Morgan fingerprint density at radius 3 is 1.75 bits per heavy atom. The molecule has 0 spiro atoms. The average molecular weight is 129 g/mol. The van der Waals surface area contributed by atoms with Gasteiger partial charge in [0.15, 0.2) is 12.4 Å². The van der Waals surface area contributed by atoms with Crippen LogP contribution in [0, 0.1) is 5.21 Å². The second-order valence-electron chi connectivity index (χ2n) is 1.24. The molecule has 44 valence electrons. The van der Waals surface area contributed by atoms with Gasteiger partial charge in [-0.15, -0.1) is 0 Å². The third kappa shape index (κ3) is 1.84. The van der Waals surface area contributed by atoms with Crippen molar-refractivity contribution >= 4 is 13.5 Å². The Kier molecular flexibility index (Phi) is 3.03. The molecule has 0 bridgehead atoms. The number of rotatable bonds is 0. The van der Waals surface area contributed by atoms with Gasteiger partial charge in [0, 0.05) is 12.1 Å². The van der Waals surface area contributed by atoms with Crippen LogP contribution >= 0.6 is 13.5 Å². The lowest BCUT2D eigenvalue weighted by Gasteiger charge is -1.88. The molecule has 0 saturated carbocycles. The van der Waals surface area contributed by atoms with E-state index in [4.69, 9.17) is 0 Å². The monoisotopic (exact) mass is 129 g/mol. The first-order chi connectivity index (χ1) is 3.39. The molecule has 0 N–H and O–H groups in total. The summed E-state index contributed by atoms with van der Waals surface area (Å²) in [6.45, 7) is 0. The molecule has 0 aliphatic carbocycles. The van der Waals surface area contributed by atoms with E-state index in [0.717, 1.165) is 4.73 Å². The van der Waals surface area contributed by atoms with E-state index in [1.807, 2.05) is 0 Å². The van der Waals surface area contributed by atoms with Gasteiger partial charge >= 0.3 is 0 Å². The average Bonchev–Trinajstić information content (AvgIpc) is 1.69. The normalized spacial score (nSPS) is 7.50. The number of pyridine rings is 1. The smallest absolute Gasteiger partial charge is 0.180 e. The Morgan fingerprint density at radius 1 is 1.00 bits per heavy atom.